The Morgan fingerprint density at radius 3 is 2.16 bits per heavy atom. The lowest BCUT2D eigenvalue weighted by molar-refractivity contribution is -0.143. The summed E-state index contributed by atoms with van der Waals surface area (Å²) in [6, 6.07) is -0.0471. The van der Waals surface area contributed by atoms with Gasteiger partial charge in [-0.3, -0.25) is 4.79 Å². The molecule has 11 heteroatoms. The van der Waals surface area contributed by atoms with E-state index in [1.54, 1.807) is 0 Å². The molecule has 1 aliphatic heterocycles. The van der Waals surface area contributed by atoms with Gasteiger partial charge < -0.3 is 20.1 Å². The number of hydrogen-bond donors (Lipinski definition) is 2. The Labute approximate surface area is 181 Å². The maximum absolute atomic E-state index is 13.6. The molecule has 32 heavy (non-hydrogen) atoms. The molecule has 1 amide bonds. The summed E-state index contributed by atoms with van der Waals surface area (Å²) >= 11 is 0. The largest absolute Gasteiger partial charge is 0.496 e. The van der Waals surface area contributed by atoms with Gasteiger partial charge in [0.05, 0.1) is 23.8 Å². The van der Waals surface area contributed by atoms with Crippen molar-refractivity contribution >= 4 is 5.91 Å². The highest BCUT2D eigenvalue weighted by Gasteiger charge is 2.42. The standard InChI is InChI=1S/C21H26F6N2O3/c1-31-17-11-12(20(22,23)24)10-14(21(25,26)27)18(17)19(30)29-16-5-3-2-4-15(16)28-13-6-8-32-9-7-13/h10-11,13,15-16,28H,2-9H2,1H3,(H,29,30). The van der Waals surface area contributed by atoms with Gasteiger partial charge in [0.1, 0.15) is 5.75 Å². The summed E-state index contributed by atoms with van der Waals surface area (Å²) < 4.78 is 90.3. The molecule has 180 valence electrons. The van der Waals surface area contributed by atoms with Crippen molar-refractivity contribution in [2.24, 2.45) is 0 Å². The number of carbonyl (C=O) groups excluding carboxylic acids is 1. The van der Waals surface area contributed by atoms with Gasteiger partial charge in [-0.15, -0.1) is 0 Å². The topological polar surface area (TPSA) is 59.6 Å². The second kappa shape index (κ2) is 9.86. The third-order valence-corrected chi connectivity index (χ3v) is 5.94. The summed E-state index contributed by atoms with van der Waals surface area (Å²) in [6.45, 7) is 1.22. The Bertz CT molecular complexity index is 806. The zero-order valence-corrected chi connectivity index (χ0v) is 17.5. The van der Waals surface area contributed by atoms with E-state index in [1.165, 1.54) is 0 Å². The first-order valence-electron chi connectivity index (χ1n) is 10.5. The highest BCUT2D eigenvalue weighted by molar-refractivity contribution is 5.99. The van der Waals surface area contributed by atoms with E-state index in [4.69, 9.17) is 9.47 Å². The Morgan fingerprint density at radius 1 is 0.969 bits per heavy atom. The van der Waals surface area contributed by atoms with Crippen LogP contribution in [0.3, 0.4) is 0 Å². The van der Waals surface area contributed by atoms with Gasteiger partial charge in [-0.25, -0.2) is 0 Å². The number of benzene rings is 1. The minimum Gasteiger partial charge on any atom is -0.496 e. The first-order chi connectivity index (χ1) is 15.0. The van der Waals surface area contributed by atoms with Crippen molar-refractivity contribution < 1.29 is 40.6 Å². The van der Waals surface area contributed by atoms with Gasteiger partial charge >= 0.3 is 12.4 Å². The number of methoxy groups -OCH3 is 1. The molecule has 0 radical (unpaired) electrons. The number of rotatable bonds is 5. The Balaban J connectivity index is 1.88. The van der Waals surface area contributed by atoms with Gasteiger partial charge in [0.15, 0.2) is 0 Å². The van der Waals surface area contributed by atoms with E-state index >= 15 is 0 Å². The number of amides is 1. The molecule has 0 spiro atoms. The molecule has 2 atom stereocenters. The van der Waals surface area contributed by atoms with Crippen LogP contribution in [0.5, 0.6) is 5.75 Å². The van der Waals surface area contributed by atoms with Gasteiger partial charge in [-0.1, -0.05) is 12.8 Å². The van der Waals surface area contributed by atoms with Crippen LogP contribution in [0.4, 0.5) is 26.3 Å². The predicted molar refractivity (Wildman–Crippen MR) is 103 cm³/mol. The maximum atomic E-state index is 13.6. The zero-order chi connectivity index (χ0) is 23.5. The quantitative estimate of drug-likeness (QED) is 0.623. The highest BCUT2D eigenvalue weighted by Crippen LogP contribution is 2.41. The molecule has 5 nitrogen and oxygen atoms in total. The van der Waals surface area contributed by atoms with Crippen molar-refractivity contribution in [2.45, 2.75) is 69.0 Å². The molecular weight excluding hydrogens is 442 g/mol. The number of alkyl halides is 6. The van der Waals surface area contributed by atoms with Crippen molar-refractivity contribution in [1.82, 2.24) is 10.6 Å². The predicted octanol–water partition coefficient (Wildman–Crippen LogP) is 4.54. The van der Waals surface area contributed by atoms with Crippen LogP contribution in [0.1, 0.15) is 60.0 Å². The zero-order valence-electron chi connectivity index (χ0n) is 17.5. The molecule has 1 saturated heterocycles. The maximum Gasteiger partial charge on any atom is 0.417 e. The van der Waals surface area contributed by atoms with Crippen molar-refractivity contribution in [3.05, 3.63) is 28.8 Å². The average Bonchev–Trinajstić information content (AvgIpc) is 2.73. The monoisotopic (exact) mass is 468 g/mol. The lowest BCUT2D eigenvalue weighted by atomic mass is 9.88. The van der Waals surface area contributed by atoms with Crippen molar-refractivity contribution in [1.29, 1.82) is 0 Å². The fourth-order valence-electron chi connectivity index (χ4n) is 4.31. The molecule has 1 heterocycles. The normalized spacial score (nSPS) is 23.1. The van der Waals surface area contributed by atoms with Crippen LogP contribution in [-0.4, -0.2) is 44.4 Å². The molecular formula is C21H26F6N2O3. The van der Waals surface area contributed by atoms with Crippen LogP contribution in [0, 0.1) is 0 Å². The fourth-order valence-corrected chi connectivity index (χ4v) is 4.31. The third-order valence-electron chi connectivity index (χ3n) is 5.94. The molecule has 1 aromatic rings. The molecule has 2 unspecified atom stereocenters. The van der Waals surface area contributed by atoms with Gasteiger partial charge in [0.25, 0.3) is 5.91 Å². The van der Waals surface area contributed by atoms with Crippen LogP contribution < -0.4 is 15.4 Å². The Morgan fingerprint density at radius 2 is 1.59 bits per heavy atom. The number of halogens is 6. The second-order valence-electron chi connectivity index (χ2n) is 8.12. The summed E-state index contributed by atoms with van der Waals surface area (Å²) in [4.78, 5) is 12.9. The summed E-state index contributed by atoms with van der Waals surface area (Å²) in [5, 5.41) is 6.10. The first-order valence-corrected chi connectivity index (χ1v) is 10.5. The van der Waals surface area contributed by atoms with Crippen molar-refractivity contribution in [3.63, 3.8) is 0 Å². The smallest absolute Gasteiger partial charge is 0.417 e. The van der Waals surface area contributed by atoms with E-state index in [-0.39, 0.29) is 18.2 Å². The Kier molecular flexibility index (Phi) is 7.59. The van der Waals surface area contributed by atoms with Crippen LogP contribution in [0.25, 0.3) is 0 Å². The van der Waals surface area contributed by atoms with Gasteiger partial charge in [0, 0.05) is 31.3 Å². The van der Waals surface area contributed by atoms with Gasteiger partial charge in [-0.2, -0.15) is 26.3 Å². The second-order valence-corrected chi connectivity index (χ2v) is 8.12. The number of carbonyl (C=O) groups is 1. The fraction of sp³-hybridized carbons (Fsp3) is 0.667. The molecule has 1 aliphatic carbocycles. The average molecular weight is 468 g/mol. The summed E-state index contributed by atoms with van der Waals surface area (Å²) in [5.41, 5.74) is -4.15. The molecule has 3 rings (SSSR count). The van der Waals surface area contributed by atoms with Gasteiger partial charge in [0.2, 0.25) is 0 Å². The molecule has 0 aromatic heterocycles. The minimum atomic E-state index is -5.17. The van der Waals surface area contributed by atoms with E-state index in [1.807, 2.05) is 0 Å². The van der Waals surface area contributed by atoms with Crippen LogP contribution in [0.15, 0.2) is 12.1 Å². The lowest BCUT2D eigenvalue weighted by Gasteiger charge is -2.37. The van der Waals surface area contributed by atoms with E-state index in [0.717, 1.165) is 39.2 Å². The number of nitrogens with one attached hydrogen (secondary N) is 2. The highest BCUT2D eigenvalue weighted by atomic mass is 19.4. The van der Waals surface area contributed by atoms with Crippen molar-refractivity contribution in [2.75, 3.05) is 20.3 Å². The molecule has 1 aromatic carbocycles. The first kappa shape index (κ1) is 24.6. The van der Waals surface area contributed by atoms with Crippen LogP contribution in [-0.2, 0) is 17.1 Å². The van der Waals surface area contributed by atoms with E-state index < -0.39 is 46.7 Å². The molecule has 2 N–H and O–H groups in total. The number of ether oxygens (including phenoxy) is 2. The Hall–Kier alpha value is -2.01. The molecule has 2 fully saturated rings. The van der Waals surface area contributed by atoms with Crippen molar-refractivity contribution in [3.8, 4) is 5.75 Å². The van der Waals surface area contributed by atoms with E-state index in [9.17, 15) is 31.1 Å². The lowest BCUT2D eigenvalue weighted by Crippen LogP contribution is -2.55. The van der Waals surface area contributed by atoms with Gasteiger partial charge in [-0.05, 0) is 37.8 Å². The molecule has 0 bridgehead atoms. The van der Waals surface area contributed by atoms with Crippen LogP contribution in [0.2, 0.25) is 0 Å². The minimum absolute atomic E-state index is 0.0456. The summed E-state index contributed by atoms with van der Waals surface area (Å²) in [6.07, 6.45) is -5.63. The SMILES string of the molecule is COc1cc(C(F)(F)F)cc(C(F)(F)F)c1C(=O)NC1CCCCC1NC1CCOCC1. The number of hydrogen-bond acceptors (Lipinski definition) is 4. The molecule has 2 aliphatic rings. The summed E-state index contributed by atoms with van der Waals surface area (Å²) in [7, 11) is 0.933. The third kappa shape index (κ3) is 5.86. The van der Waals surface area contributed by atoms with Crippen LogP contribution >= 0.6 is 0 Å². The summed E-state index contributed by atoms with van der Waals surface area (Å²) in [5.74, 6) is -1.87. The van der Waals surface area contributed by atoms with E-state index in [2.05, 4.69) is 10.6 Å². The molecule has 1 saturated carbocycles. The van der Waals surface area contributed by atoms with E-state index in [0.29, 0.717) is 25.7 Å².